The Hall–Kier alpha value is -2.52. The Labute approximate surface area is 141 Å². The van der Waals surface area contributed by atoms with Gasteiger partial charge in [-0.15, -0.1) is 12.4 Å². The van der Waals surface area contributed by atoms with Crippen LogP contribution in [0.1, 0.15) is 28.9 Å². The maximum absolute atomic E-state index is 12.3. The number of carbonyl (C=O) groups is 1. The number of rotatable bonds is 3. The van der Waals surface area contributed by atoms with Gasteiger partial charge in [0.1, 0.15) is 0 Å². The molecule has 3 aromatic rings. The van der Waals surface area contributed by atoms with Crippen molar-refractivity contribution in [3.8, 4) is 0 Å². The fraction of sp³-hybridized carbons (Fsp3) is 0.105. The predicted molar refractivity (Wildman–Crippen MR) is 97.9 cm³/mol. The summed E-state index contributed by atoms with van der Waals surface area (Å²) in [4.78, 5) is 12.3. The number of hydrogen-bond acceptors (Lipinski definition) is 2. The molecule has 0 spiro atoms. The molecule has 118 valence electrons. The van der Waals surface area contributed by atoms with Crippen molar-refractivity contribution in [1.82, 2.24) is 5.32 Å². The van der Waals surface area contributed by atoms with Crippen molar-refractivity contribution in [3.63, 3.8) is 0 Å². The van der Waals surface area contributed by atoms with Crippen LogP contribution in [0.2, 0.25) is 0 Å². The van der Waals surface area contributed by atoms with Crippen LogP contribution in [0, 0.1) is 0 Å². The van der Waals surface area contributed by atoms with Crippen molar-refractivity contribution in [1.29, 1.82) is 0 Å². The second-order valence-electron chi connectivity index (χ2n) is 5.39. The zero-order valence-electron chi connectivity index (χ0n) is 12.8. The van der Waals surface area contributed by atoms with Crippen LogP contribution in [-0.4, -0.2) is 5.91 Å². The van der Waals surface area contributed by atoms with Gasteiger partial charge < -0.3 is 11.1 Å². The molecule has 3 nitrogen and oxygen atoms in total. The Kier molecular flexibility index (Phi) is 5.24. The number of halogens is 1. The van der Waals surface area contributed by atoms with E-state index in [1.807, 2.05) is 25.1 Å². The van der Waals surface area contributed by atoms with E-state index in [1.54, 1.807) is 24.3 Å². The molecule has 23 heavy (non-hydrogen) atoms. The van der Waals surface area contributed by atoms with Gasteiger partial charge in [-0.05, 0) is 47.5 Å². The predicted octanol–water partition coefficient (Wildman–Crippen LogP) is 4.33. The van der Waals surface area contributed by atoms with Crippen molar-refractivity contribution >= 4 is 34.8 Å². The lowest BCUT2D eigenvalue weighted by Gasteiger charge is -2.16. The van der Waals surface area contributed by atoms with E-state index in [-0.39, 0.29) is 24.4 Å². The van der Waals surface area contributed by atoms with Crippen molar-refractivity contribution < 1.29 is 4.79 Å². The summed E-state index contributed by atoms with van der Waals surface area (Å²) in [5.41, 5.74) is 8.03. The quantitative estimate of drug-likeness (QED) is 0.704. The molecular weight excluding hydrogens is 308 g/mol. The van der Waals surface area contributed by atoms with E-state index in [9.17, 15) is 4.79 Å². The van der Waals surface area contributed by atoms with Crippen molar-refractivity contribution in [3.05, 3.63) is 77.9 Å². The monoisotopic (exact) mass is 326 g/mol. The van der Waals surface area contributed by atoms with Crippen LogP contribution in [0.5, 0.6) is 0 Å². The molecule has 0 aliphatic heterocycles. The zero-order chi connectivity index (χ0) is 15.5. The number of fused-ring (bicyclic) bond motifs is 1. The third-order valence-corrected chi connectivity index (χ3v) is 3.81. The molecule has 0 bridgehead atoms. The van der Waals surface area contributed by atoms with Gasteiger partial charge in [0, 0.05) is 11.3 Å². The Morgan fingerprint density at radius 2 is 1.61 bits per heavy atom. The maximum atomic E-state index is 12.3. The molecule has 3 rings (SSSR count). The van der Waals surface area contributed by atoms with Crippen LogP contribution in [0.15, 0.2) is 66.7 Å². The van der Waals surface area contributed by atoms with Gasteiger partial charge in [0.25, 0.3) is 5.91 Å². The Morgan fingerprint density at radius 3 is 2.35 bits per heavy atom. The van der Waals surface area contributed by atoms with E-state index in [4.69, 9.17) is 5.73 Å². The van der Waals surface area contributed by atoms with Crippen LogP contribution in [0.3, 0.4) is 0 Å². The number of hydrogen-bond donors (Lipinski definition) is 2. The number of anilines is 1. The molecule has 3 aromatic carbocycles. The number of amides is 1. The molecule has 0 aliphatic carbocycles. The minimum Gasteiger partial charge on any atom is -0.399 e. The third-order valence-electron chi connectivity index (χ3n) is 3.81. The molecule has 1 unspecified atom stereocenters. The lowest BCUT2D eigenvalue weighted by molar-refractivity contribution is 0.0940. The third kappa shape index (κ3) is 3.63. The molecule has 1 amide bonds. The molecule has 0 saturated carbocycles. The number of carbonyl (C=O) groups excluding carboxylic acids is 1. The van der Waals surface area contributed by atoms with Crippen molar-refractivity contribution in [2.45, 2.75) is 13.0 Å². The van der Waals surface area contributed by atoms with E-state index in [1.165, 1.54) is 5.39 Å². The Morgan fingerprint density at radius 1 is 0.957 bits per heavy atom. The van der Waals surface area contributed by atoms with Gasteiger partial charge >= 0.3 is 0 Å². The zero-order valence-corrected chi connectivity index (χ0v) is 13.6. The summed E-state index contributed by atoms with van der Waals surface area (Å²) < 4.78 is 0. The fourth-order valence-electron chi connectivity index (χ4n) is 2.62. The van der Waals surface area contributed by atoms with Crippen LogP contribution < -0.4 is 11.1 Å². The number of nitrogens with two attached hydrogens (primary N) is 1. The average Bonchev–Trinajstić information content (AvgIpc) is 2.54. The molecule has 0 heterocycles. The standard InChI is InChI=1S/C19H18N2O.ClH/c1-13(21-19(22)15-9-11-16(20)12-10-15)17-8-4-6-14-5-2-3-7-18(14)17;/h2-13H,20H2,1H3,(H,21,22);1H. The summed E-state index contributed by atoms with van der Waals surface area (Å²) in [5.74, 6) is -0.0968. The van der Waals surface area contributed by atoms with Gasteiger partial charge in [0.05, 0.1) is 6.04 Å². The lowest BCUT2D eigenvalue weighted by Crippen LogP contribution is -2.26. The van der Waals surface area contributed by atoms with Crippen molar-refractivity contribution in [2.24, 2.45) is 0 Å². The highest BCUT2D eigenvalue weighted by Gasteiger charge is 2.13. The van der Waals surface area contributed by atoms with Gasteiger partial charge in [-0.2, -0.15) is 0 Å². The molecule has 0 radical (unpaired) electrons. The lowest BCUT2D eigenvalue weighted by atomic mass is 9.99. The second-order valence-corrected chi connectivity index (χ2v) is 5.39. The summed E-state index contributed by atoms with van der Waals surface area (Å²) in [7, 11) is 0. The van der Waals surface area contributed by atoms with E-state index in [2.05, 4.69) is 29.6 Å². The molecule has 0 saturated heterocycles. The SMILES string of the molecule is CC(NC(=O)c1ccc(N)cc1)c1cccc2ccccc12.Cl. The summed E-state index contributed by atoms with van der Waals surface area (Å²) >= 11 is 0. The van der Waals surface area contributed by atoms with E-state index in [0.717, 1.165) is 10.9 Å². The Bertz CT molecular complexity index is 810. The number of nitrogen functional groups attached to an aromatic ring is 1. The van der Waals surface area contributed by atoms with Crippen LogP contribution in [0.25, 0.3) is 10.8 Å². The highest BCUT2D eigenvalue weighted by atomic mass is 35.5. The highest BCUT2D eigenvalue weighted by Crippen LogP contribution is 2.24. The Balaban J connectivity index is 0.00000192. The largest absolute Gasteiger partial charge is 0.399 e. The first-order chi connectivity index (χ1) is 10.6. The number of benzene rings is 3. The molecule has 0 aliphatic rings. The first-order valence-corrected chi connectivity index (χ1v) is 7.29. The summed E-state index contributed by atoms with van der Waals surface area (Å²) in [5, 5.41) is 5.38. The van der Waals surface area contributed by atoms with Crippen LogP contribution in [0.4, 0.5) is 5.69 Å². The summed E-state index contributed by atoms with van der Waals surface area (Å²) in [6, 6.07) is 21.2. The molecule has 1 atom stereocenters. The van der Waals surface area contributed by atoms with Gasteiger partial charge in [-0.25, -0.2) is 0 Å². The van der Waals surface area contributed by atoms with Gasteiger partial charge in [0.2, 0.25) is 0 Å². The molecule has 3 N–H and O–H groups in total. The molecule has 0 fully saturated rings. The first kappa shape index (κ1) is 16.8. The second kappa shape index (κ2) is 7.16. The van der Waals surface area contributed by atoms with Gasteiger partial charge in [-0.3, -0.25) is 4.79 Å². The summed E-state index contributed by atoms with van der Waals surface area (Å²) in [6.45, 7) is 2.00. The molecular formula is C19H19ClN2O. The first-order valence-electron chi connectivity index (χ1n) is 7.29. The van der Waals surface area contributed by atoms with E-state index < -0.39 is 0 Å². The maximum Gasteiger partial charge on any atom is 0.251 e. The average molecular weight is 327 g/mol. The van der Waals surface area contributed by atoms with Crippen LogP contribution in [-0.2, 0) is 0 Å². The van der Waals surface area contributed by atoms with E-state index in [0.29, 0.717) is 11.3 Å². The van der Waals surface area contributed by atoms with Gasteiger partial charge in [0.15, 0.2) is 0 Å². The summed E-state index contributed by atoms with van der Waals surface area (Å²) in [6.07, 6.45) is 0. The minimum atomic E-state index is -0.0968. The molecule has 0 aromatic heterocycles. The molecule has 4 heteroatoms. The minimum absolute atomic E-state index is 0. The topological polar surface area (TPSA) is 55.1 Å². The van der Waals surface area contributed by atoms with Gasteiger partial charge in [-0.1, -0.05) is 42.5 Å². The van der Waals surface area contributed by atoms with E-state index >= 15 is 0 Å². The van der Waals surface area contributed by atoms with Crippen LogP contribution >= 0.6 is 12.4 Å². The number of nitrogens with one attached hydrogen (secondary N) is 1. The van der Waals surface area contributed by atoms with Crippen molar-refractivity contribution in [2.75, 3.05) is 5.73 Å². The smallest absolute Gasteiger partial charge is 0.251 e. The fourth-order valence-corrected chi connectivity index (χ4v) is 2.62. The normalized spacial score (nSPS) is 11.5. The highest BCUT2D eigenvalue weighted by molar-refractivity contribution is 5.95.